The Bertz CT molecular complexity index is 329. The van der Waals surface area contributed by atoms with Gasteiger partial charge in [0.15, 0.2) is 0 Å². The molecule has 2 atom stereocenters. The highest BCUT2D eigenvalue weighted by molar-refractivity contribution is 9.10. The van der Waals surface area contributed by atoms with E-state index in [4.69, 9.17) is 23.2 Å². The summed E-state index contributed by atoms with van der Waals surface area (Å²) >= 11 is 16.2. The minimum absolute atomic E-state index is 0.530. The van der Waals surface area contributed by atoms with E-state index in [9.17, 15) is 8.78 Å². The summed E-state index contributed by atoms with van der Waals surface area (Å²) in [5, 5.41) is -0.723. The molecular weight excluding hydrogens is 329 g/mol. The Morgan fingerprint density at radius 3 is 2.40 bits per heavy atom. The second kappa shape index (κ2) is 4.86. The van der Waals surface area contributed by atoms with E-state index in [0.29, 0.717) is 13.7 Å². The molecule has 0 aliphatic carbocycles. The van der Waals surface area contributed by atoms with Crippen LogP contribution in [0.15, 0.2) is 10.5 Å². The Hall–Kier alpha value is 0.620. The van der Waals surface area contributed by atoms with Crippen molar-refractivity contribution in [2.45, 2.75) is 25.1 Å². The lowest BCUT2D eigenvalue weighted by atomic mass is 10.00. The van der Waals surface area contributed by atoms with Gasteiger partial charge >= 0.3 is 0 Å². The number of hydrogen-bond acceptors (Lipinski definition) is 1. The van der Waals surface area contributed by atoms with E-state index >= 15 is 0 Å². The molecule has 0 bridgehead atoms. The molecular formula is C9H9BrCl2F2S. The van der Waals surface area contributed by atoms with Gasteiger partial charge in [-0.1, -0.05) is 18.5 Å². The second-order valence-corrected chi connectivity index (χ2v) is 6.43. The van der Waals surface area contributed by atoms with Crippen molar-refractivity contribution in [1.82, 2.24) is 0 Å². The van der Waals surface area contributed by atoms with Crippen molar-refractivity contribution in [3.05, 3.63) is 19.8 Å². The van der Waals surface area contributed by atoms with Crippen molar-refractivity contribution in [3.63, 3.8) is 0 Å². The maximum atomic E-state index is 13.0. The fourth-order valence-corrected chi connectivity index (χ4v) is 3.24. The Labute approximate surface area is 110 Å². The highest BCUT2D eigenvalue weighted by atomic mass is 79.9. The standard InChI is InChI=1S/C9H9BrCl2F2S/c1-4(9(2,13)14)7(11)6-3-5(10)8(12)15-6/h3-4,7H,1-2H3. The molecule has 1 aromatic heterocycles. The van der Waals surface area contributed by atoms with Crippen molar-refractivity contribution in [2.75, 3.05) is 0 Å². The van der Waals surface area contributed by atoms with Gasteiger partial charge in [0.2, 0.25) is 5.92 Å². The van der Waals surface area contributed by atoms with Crippen molar-refractivity contribution >= 4 is 50.5 Å². The smallest absolute Gasteiger partial charge is 0.207 e. The van der Waals surface area contributed by atoms with E-state index in [1.54, 1.807) is 6.07 Å². The summed E-state index contributed by atoms with van der Waals surface area (Å²) in [6, 6.07) is 1.69. The first kappa shape index (κ1) is 13.7. The van der Waals surface area contributed by atoms with E-state index in [-0.39, 0.29) is 0 Å². The number of thiophene rings is 1. The zero-order valence-electron chi connectivity index (χ0n) is 8.03. The van der Waals surface area contributed by atoms with E-state index < -0.39 is 17.2 Å². The molecule has 86 valence electrons. The van der Waals surface area contributed by atoms with Gasteiger partial charge in [-0.15, -0.1) is 22.9 Å². The van der Waals surface area contributed by atoms with Crippen molar-refractivity contribution in [3.8, 4) is 0 Å². The predicted molar refractivity (Wildman–Crippen MR) is 65.4 cm³/mol. The number of halogens is 5. The van der Waals surface area contributed by atoms with Crippen LogP contribution >= 0.6 is 50.5 Å². The van der Waals surface area contributed by atoms with Crippen LogP contribution in [0.5, 0.6) is 0 Å². The van der Waals surface area contributed by atoms with Crippen molar-refractivity contribution < 1.29 is 8.78 Å². The van der Waals surface area contributed by atoms with Crippen LogP contribution in [-0.2, 0) is 0 Å². The summed E-state index contributed by atoms with van der Waals surface area (Å²) in [6.45, 7) is 2.30. The molecule has 0 aliphatic heterocycles. The first-order valence-corrected chi connectivity index (χ1v) is 6.62. The molecule has 0 aromatic carbocycles. The third-order valence-corrected chi connectivity index (χ3v) is 5.47. The zero-order chi connectivity index (χ0) is 11.8. The van der Waals surface area contributed by atoms with Gasteiger partial charge in [0.1, 0.15) is 4.34 Å². The quantitative estimate of drug-likeness (QED) is 0.617. The third-order valence-electron chi connectivity index (χ3n) is 2.17. The van der Waals surface area contributed by atoms with Crippen LogP contribution in [0.25, 0.3) is 0 Å². The van der Waals surface area contributed by atoms with Gasteiger partial charge in [-0.3, -0.25) is 0 Å². The Morgan fingerprint density at radius 1 is 1.53 bits per heavy atom. The molecule has 0 saturated heterocycles. The zero-order valence-corrected chi connectivity index (χ0v) is 11.9. The summed E-state index contributed by atoms with van der Waals surface area (Å²) in [5.74, 6) is -3.73. The average Bonchev–Trinajstić information content (AvgIpc) is 2.43. The molecule has 0 radical (unpaired) electrons. The maximum Gasteiger partial charge on any atom is 0.249 e. The van der Waals surface area contributed by atoms with E-state index in [1.165, 1.54) is 18.3 Å². The molecule has 0 aliphatic rings. The lowest BCUT2D eigenvalue weighted by molar-refractivity contribution is -0.0336. The van der Waals surface area contributed by atoms with Crippen LogP contribution in [0.2, 0.25) is 4.34 Å². The molecule has 1 heterocycles. The summed E-state index contributed by atoms with van der Waals surface area (Å²) in [7, 11) is 0. The van der Waals surface area contributed by atoms with Gasteiger partial charge in [0.05, 0.1) is 5.38 Å². The van der Waals surface area contributed by atoms with Crippen molar-refractivity contribution in [1.29, 1.82) is 0 Å². The van der Waals surface area contributed by atoms with Gasteiger partial charge in [0, 0.05) is 15.3 Å². The first-order chi connectivity index (χ1) is 6.73. The monoisotopic (exact) mass is 336 g/mol. The van der Waals surface area contributed by atoms with Crippen LogP contribution in [0.1, 0.15) is 24.1 Å². The SMILES string of the molecule is CC(C(Cl)c1cc(Br)c(Cl)s1)C(C)(F)F. The molecule has 0 amide bonds. The molecule has 0 nitrogen and oxygen atoms in total. The Balaban J connectivity index is 2.90. The largest absolute Gasteiger partial charge is 0.249 e. The van der Waals surface area contributed by atoms with Crippen LogP contribution in [0, 0.1) is 5.92 Å². The van der Waals surface area contributed by atoms with Gasteiger partial charge in [0.25, 0.3) is 0 Å². The number of alkyl halides is 3. The summed E-state index contributed by atoms with van der Waals surface area (Å²) in [5.41, 5.74) is 0. The molecule has 0 saturated carbocycles. The van der Waals surface area contributed by atoms with Crippen LogP contribution in [0.3, 0.4) is 0 Å². The molecule has 2 unspecified atom stereocenters. The summed E-state index contributed by atoms with van der Waals surface area (Å²) in [4.78, 5) is 0.655. The van der Waals surface area contributed by atoms with Gasteiger partial charge in [-0.2, -0.15) is 0 Å². The number of rotatable bonds is 3. The summed E-state index contributed by atoms with van der Waals surface area (Å²) < 4.78 is 27.3. The highest BCUT2D eigenvalue weighted by Crippen LogP contribution is 2.44. The van der Waals surface area contributed by atoms with Gasteiger partial charge < -0.3 is 0 Å². The highest BCUT2D eigenvalue weighted by Gasteiger charge is 2.37. The fourth-order valence-electron chi connectivity index (χ4n) is 1.00. The topological polar surface area (TPSA) is 0 Å². The average molecular weight is 338 g/mol. The number of hydrogen-bond donors (Lipinski definition) is 0. The van der Waals surface area contributed by atoms with Crippen molar-refractivity contribution in [2.24, 2.45) is 5.92 Å². The molecule has 1 rings (SSSR count). The van der Waals surface area contributed by atoms with Crippen LogP contribution < -0.4 is 0 Å². The second-order valence-electron chi connectivity index (χ2n) is 3.42. The molecule has 0 fully saturated rings. The summed E-state index contributed by atoms with van der Waals surface area (Å²) in [6.07, 6.45) is 0. The molecule has 6 heteroatoms. The lowest BCUT2D eigenvalue weighted by Gasteiger charge is -2.23. The minimum atomic E-state index is -2.80. The van der Waals surface area contributed by atoms with Gasteiger partial charge in [-0.25, -0.2) is 8.78 Å². The fraction of sp³-hybridized carbons (Fsp3) is 0.556. The van der Waals surface area contributed by atoms with Crippen LogP contribution in [-0.4, -0.2) is 5.92 Å². The Morgan fingerprint density at radius 2 is 2.07 bits per heavy atom. The first-order valence-electron chi connectivity index (χ1n) is 4.20. The predicted octanol–water partition coefficient (Wildman–Crippen LogP) is 5.74. The molecule has 0 spiro atoms. The maximum absolute atomic E-state index is 13.0. The van der Waals surface area contributed by atoms with E-state index in [0.717, 1.165) is 6.92 Å². The minimum Gasteiger partial charge on any atom is -0.207 e. The normalized spacial score (nSPS) is 16.5. The van der Waals surface area contributed by atoms with E-state index in [2.05, 4.69) is 15.9 Å². The lowest BCUT2D eigenvalue weighted by Crippen LogP contribution is -2.24. The van der Waals surface area contributed by atoms with Crippen LogP contribution in [0.4, 0.5) is 8.78 Å². The Kier molecular flexibility index (Phi) is 4.43. The van der Waals surface area contributed by atoms with E-state index in [1.807, 2.05) is 0 Å². The molecule has 0 N–H and O–H groups in total. The molecule has 15 heavy (non-hydrogen) atoms. The third kappa shape index (κ3) is 3.29. The molecule has 1 aromatic rings. The van der Waals surface area contributed by atoms with Gasteiger partial charge in [-0.05, 0) is 28.9 Å².